The molecular formula is C14H15FN2O2S. The third-order valence-electron chi connectivity index (χ3n) is 2.76. The van der Waals surface area contributed by atoms with Gasteiger partial charge in [-0.05, 0) is 30.2 Å². The third kappa shape index (κ3) is 3.19. The zero-order valence-electron chi connectivity index (χ0n) is 11.2. The molecule has 0 fully saturated rings. The van der Waals surface area contributed by atoms with Crippen LogP contribution >= 0.6 is 11.8 Å². The van der Waals surface area contributed by atoms with Gasteiger partial charge in [0, 0.05) is 11.4 Å². The Kier molecular flexibility index (Phi) is 4.44. The van der Waals surface area contributed by atoms with Crippen molar-refractivity contribution in [1.29, 1.82) is 0 Å². The molecule has 0 saturated heterocycles. The Labute approximate surface area is 120 Å². The van der Waals surface area contributed by atoms with Crippen LogP contribution in [0.25, 0.3) is 5.69 Å². The highest BCUT2D eigenvalue weighted by Crippen LogP contribution is 2.27. The molecule has 2 rings (SSSR count). The van der Waals surface area contributed by atoms with E-state index < -0.39 is 5.97 Å². The van der Waals surface area contributed by atoms with Crippen molar-refractivity contribution in [3.8, 4) is 5.69 Å². The maximum atomic E-state index is 13.0. The third-order valence-corrected chi connectivity index (χ3v) is 3.70. The smallest absolute Gasteiger partial charge is 0.313 e. The highest BCUT2D eigenvalue weighted by molar-refractivity contribution is 7.99. The van der Waals surface area contributed by atoms with Crippen LogP contribution < -0.4 is 0 Å². The quantitative estimate of drug-likeness (QED) is 0.860. The van der Waals surface area contributed by atoms with Gasteiger partial charge in [0.05, 0.1) is 11.9 Å². The molecule has 1 N–H and O–H groups in total. The molecule has 0 amide bonds. The van der Waals surface area contributed by atoms with E-state index in [2.05, 4.69) is 4.98 Å². The van der Waals surface area contributed by atoms with E-state index in [4.69, 9.17) is 5.11 Å². The highest BCUT2D eigenvalue weighted by atomic mass is 32.2. The Morgan fingerprint density at radius 1 is 1.40 bits per heavy atom. The number of aliphatic carboxylic acids is 1. The summed E-state index contributed by atoms with van der Waals surface area (Å²) in [6.07, 6.45) is 1.73. The SMILES string of the molecule is CC(C)c1cnc(SCC(=O)O)n1-c1ccc(F)cc1. The maximum Gasteiger partial charge on any atom is 0.313 e. The number of nitrogens with zero attached hydrogens (tertiary/aromatic N) is 2. The fraction of sp³-hybridized carbons (Fsp3) is 0.286. The van der Waals surface area contributed by atoms with Gasteiger partial charge in [0.1, 0.15) is 5.82 Å². The number of benzene rings is 1. The van der Waals surface area contributed by atoms with Gasteiger partial charge in [0.25, 0.3) is 0 Å². The van der Waals surface area contributed by atoms with Crippen molar-refractivity contribution in [2.75, 3.05) is 5.75 Å². The van der Waals surface area contributed by atoms with Gasteiger partial charge in [-0.1, -0.05) is 25.6 Å². The molecule has 1 aromatic carbocycles. The van der Waals surface area contributed by atoms with Crippen molar-refractivity contribution < 1.29 is 14.3 Å². The van der Waals surface area contributed by atoms with Crippen molar-refractivity contribution >= 4 is 17.7 Å². The molecule has 0 aliphatic carbocycles. The maximum absolute atomic E-state index is 13.0. The van der Waals surface area contributed by atoms with Crippen molar-refractivity contribution in [3.63, 3.8) is 0 Å². The summed E-state index contributed by atoms with van der Waals surface area (Å²) in [5.74, 6) is -1.03. The molecule has 0 aliphatic heterocycles. The lowest BCUT2D eigenvalue weighted by Crippen LogP contribution is -2.05. The second-order valence-electron chi connectivity index (χ2n) is 4.61. The molecule has 20 heavy (non-hydrogen) atoms. The molecule has 6 heteroatoms. The minimum Gasteiger partial charge on any atom is -0.481 e. The topological polar surface area (TPSA) is 55.1 Å². The van der Waals surface area contributed by atoms with E-state index in [1.54, 1.807) is 18.3 Å². The normalized spacial score (nSPS) is 11.0. The first kappa shape index (κ1) is 14.6. The van der Waals surface area contributed by atoms with E-state index in [0.29, 0.717) is 5.16 Å². The Morgan fingerprint density at radius 3 is 2.60 bits per heavy atom. The molecule has 4 nitrogen and oxygen atoms in total. The number of hydrogen-bond acceptors (Lipinski definition) is 3. The van der Waals surface area contributed by atoms with Gasteiger partial charge in [0.2, 0.25) is 0 Å². The number of thioether (sulfide) groups is 1. The van der Waals surface area contributed by atoms with E-state index >= 15 is 0 Å². The van der Waals surface area contributed by atoms with Crippen LogP contribution in [0.4, 0.5) is 4.39 Å². The Morgan fingerprint density at radius 2 is 2.05 bits per heavy atom. The fourth-order valence-electron chi connectivity index (χ4n) is 1.83. The minimum atomic E-state index is -0.894. The van der Waals surface area contributed by atoms with Gasteiger partial charge in [-0.2, -0.15) is 0 Å². The van der Waals surface area contributed by atoms with Gasteiger partial charge < -0.3 is 5.11 Å². The Balaban J connectivity index is 2.43. The molecule has 0 atom stereocenters. The lowest BCUT2D eigenvalue weighted by Gasteiger charge is -2.13. The molecule has 0 spiro atoms. The summed E-state index contributed by atoms with van der Waals surface area (Å²) in [6.45, 7) is 4.06. The monoisotopic (exact) mass is 294 g/mol. The Bertz CT molecular complexity index is 608. The summed E-state index contributed by atoms with van der Waals surface area (Å²) >= 11 is 1.15. The van der Waals surface area contributed by atoms with Crippen molar-refractivity contribution in [3.05, 3.63) is 42.0 Å². The summed E-state index contributed by atoms with van der Waals surface area (Å²) in [6, 6.07) is 6.08. The minimum absolute atomic E-state index is 0.0598. The van der Waals surface area contributed by atoms with Crippen LogP contribution in [0.2, 0.25) is 0 Å². The number of carbonyl (C=O) groups is 1. The molecule has 0 bridgehead atoms. The number of rotatable bonds is 5. The average molecular weight is 294 g/mol. The number of carboxylic acids is 1. The standard InChI is InChI=1S/C14H15FN2O2S/c1-9(2)12-7-16-14(20-8-13(18)19)17(12)11-5-3-10(15)4-6-11/h3-7,9H,8H2,1-2H3,(H,18,19). The van der Waals surface area contributed by atoms with Crippen LogP contribution in [-0.2, 0) is 4.79 Å². The van der Waals surface area contributed by atoms with E-state index in [-0.39, 0.29) is 17.5 Å². The molecule has 2 aromatic rings. The number of hydrogen-bond donors (Lipinski definition) is 1. The summed E-state index contributed by atoms with van der Waals surface area (Å²) in [5, 5.41) is 9.38. The average Bonchev–Trinajstić information content (AvgIpc) is 2.81. The van der Waals surface area contributed by atoms with Crippen LogP contribution in [0.15, 0.2) is 35.6 Å². The molecular weight excluding hydrogens is 279 g/mol. The van der Waals surface area contributed by atoms with Crippen molar-refractivity contribution in [1.82, 2.24) is 9.55 Å². The zero-order valence-corrected chi connectivity index (χ0v) is 12.0. The predicted molar refractivity (Wildman–Crippen MR) is 76.0 cm³/mol. The first-order valence-corrected chi connectivity index (χ1v) is 7.15. The van der Waals surface area contributed by atoms with Crippen LogP contribution in [-0.4, -0.2) is 26.4 Å². The van der Waals surface area contributed by atoms with E-state index in [1.807, 2.05) is 18.4 Å². The first-order chi connectivity index (χ1) is 9.49. The van der Waals surface area contributed by atoms with Crippen molar-refractivity contribution in [2.45, 2.75) is 24.9 Å². The molecule has 0 unspecified atom stereocenters. The predicted octanol–water partition coefficient (Wildman–Crippen LogP) is 3.31. The lowest BCUT2D eigenvalue weighted by atomic mass is 10.1. The van der Waals surface area contributed by atoms with Gasteiger partial charge in [-0.15, -0.1) is 0 Å². The van der Waals surface area contributed by atoms with Gasteiger partial charge in [-0.25, -0.2) is 9.37 Å². The number of imidazole rings is 1. The number of aromatic nitrogens is 2. The lowest BCUT2D eigenvalue weighted by molar-refractivity contribution is -0.133. The largest absolute Gasteiger partial charge is 0.481 e. The molecule has 1 heterocycles. The first-order valence-electron chi connectivity index (χ1n) is 6.17. The van der Waals surface area contributed by atoms with E-state index in [9.17, 15) is 9.18 Å². The van der Waals surface area contributed by atoms with Gasteiger partial charge in [0.15, 0.2) is 5.16 Å². The van der Waals surface area contributed by atoms with Crippen LogP contribution in [0.5, 0.6) is 0 Å². The fourth-order valence-corrected chi connectivity index (χ4v) is 2.55. The molecule has 0 aliphatic rings. The number of halogens is 1. The summed E-state index contributed by atoms with van der Waals surface area (Å²) in [5.41, 5.74) is 1.74. The van der Waals surface area contributed by atoms with E-state index in [0.717, 1.165) is 23.1 Å². The summed E-state index contributed by atoms with van der Waals surface area (Å²) in [4.78, 5) is 15.0. The van der Waals surface area contributed by atoms with Crippen molar-refractivity contribution in [2.24, 2.45) is 0 Å². The second-order valence-corrected chi connectivity index (χ2v) is 5.56. The zero-order chi connectivity index (χ0) is 14.7. The molecule has 0 radical (unpaired) electrons. The number of carboxylic acid groups (broad SMARTS) is 1. The van der Waals surface area contributed by atoms with Crippen LogP contribution in [0.1, 0.15) is 25.5 Å². The Hall–Kier alpha value is -1.82. The van der Waals surface area contributed by atoms with Crippen LogP contribution in [0, 0.1) is 5.82 Å². The molecule has 1 aromatic heterocycles. The molecule has 106 valence electrons. The highest BCUT2D eigenvalue weighted by Gasteiger charge is 2.15. The molecule has 0 saturated carbocycles. The second kappa shape index (κ2) is 6.09. The van der Waals surface area contributed by atoms with Crippen LogP contribution in [0.3, 0.4) is 0 Å². The van der Waals surface area contributed by atoms with Gasteiger partial charge in [-0.3, -0.25) is 9.36 Å². The van der Waals surface area contributed by atoms with Gasteiger partial charge >= 0.3 is 5.97 Å². The summed E-state index contributed by atoms with van der Waals surface area (Å²) < 4.78 is 14.9. The van der Waals surface area contributed by atoms with E-state index in [1.165, 1.54) is 12.1 Å². The summed E-state index contributed by atoms with van der Waals surface area (Å²) in [7, 11) is 0.